The Balaban J connectivity index is 1.78. The van der Waals surface area contributed by atoms with Crippen LogP contribution in [0.1, 0.15) is 12.8 Å². The molecular weight excluding hydrogens is 228 g/mol. The first-order valence-corrected chi connectivity index (χ1v) is 6.67. The Bertz CT molecular complexity index is 378. The first kappa shape index (κ1) is 11.9. The van der Waals surface area contributed by atoms with Gasteiger partial charge in [0.25, 0.3) is 0 Å². The van der Waals surface area contributed by atoms with E-state index in [1.54, 1.807) is 12.4 Å². The molecule has 2 fully saturated rings. The monoisotopic (exact) mass is 248 g/mol. The summed E-state index contributed by atoms with van der Waals surface area (Å²) < 4.78 is 5.81. The van der Waals surface area contributed by atoms with Gasteiger partial charge in [0.15, 0.2) is 0 Å². The van der Waals surface area contributed by atoms with Gasteiger partial charge < -0.3 is 15.0 Å². The third-order valence-corrected chi connectivity index (χ3v) is 3.87. The van der Waals surface area contributed by atoms with Gasteiger partial charge in [-0.3, -0.25) is 4.98 Å². The zero-order valence-electron chi connectivity index (χ0n) is 10.6. The number of ether oxygens (including phenoxy) is 1. The van der Waals surface area contributed by atoms with Crippen molar-refractivity contribution in [1.82, 2.24) is 15.3 Å². The number of piperidine rings is 1. The molecule has 3 heterocycles. The Hall–Kier alpha value is -1.20. The van der Waals surface area contributed by atoms with Gasteiger partial charge in [-0.2, -0.15) is 0 Å². The van der Waals surface area contributed by atoms with Crippen molar-refractivity contribution in [3.05, 3.63) is 18.6 Å². The fourth-order valence-electron chi connectivity index (χ4n) is 2.93. The highest BCUT2D eigenvalue weighted by molar-refractivity contribution is 5.36. The molecule has 0 bridgehead atoms. The first-order chi connectivity index (χ1) is 8.88. The van der Waals surface area contributed by atoms with Crippen LogP contribution in [0, 0.1) is 5.41 Å². The van der Waals surface area contributed by atoms with E-state index in [9.17, 15) is 0 Å². The van der Waals surface area contributed by atoms with E-state index in [0.29, 0.717) is 0 Å². The number of hydrogen-bond acceptors (Lipinski definition) is 5. The van der Waals surface area contributed by atoms with Gasteiger partial charge in [0.1, 0.15) is 5.82 Å². The van der Waals surface area contributed by atoms with Gasteiger partial charge in [-0.1, -0.05) is 0 Å². The molecule has 1 atom stereocenters. The van der Waals surface area contributed by atoms with Crippen LogP contribution in [0.3, 0.4) is 0 Å². The minimum absolute atomic E-state index is 0.242. The summed E-state index contributed by atoms with van der Waals surface area (Å²) in [5.41, 5.74) is 0.242. The Kier molecular flexibility index (Phi) is 3.43. The van der Waals surface area contributed by atoms with Gasteiger partial charge in [-0.15, -0.1) is 0 Å². The number of nitrogens with zero attached hydrogens (tertiary/aromatic N) is 3. The van der Waals surface area contributed by atoms with Crippen molar-refractivity contribution in [1.29, 1.82) is 0 Å². The number of anilines is 1. The van der Waals surface area contributed by atoms with Crippen LogP contribution in [0.2, 0.25) is 0 Å². The van der Waals surface area contributed by atoms with E-state index in [-0.39, 0.29) is 5.41 Å². The number of nitrogens with one attached hydrogen (secondary N) is 1. The van der Waals surface area contributed by atoms with E-state index in [0.717, 1.165) is 45.2 Å². The summed E-state index contributed by atoms with van der Waals surface area (Å²) in [7, 11) is 0. The van der Waals surface area contributed by atoms with Crippen molar-refractivity contribution in [2.75, 3.05) is 44.3 Å². The second kappa shape index (κ2) is 5.20. The molecule has 1 spiro atoms. The van der Waals surface area contributed by atoms with Crippen LogP contribution in [-0.2, 0) is 4.74 Å². The topological polar surface area (TPSA) is 50.3 Å². The third-order valence-electron chi connectivity index (χ3n) is 3.87. The van der Waals surface area contributed by atoms with Gasteiger partial charge in [-0.25, -0.2) is 4.98 Å². The maximum Gasteiger partial charge on any atom is 0.147 e. The summed E-state index contributed by atoms with van der Waals surface area (Å²) in [4.78, 5) is 10.9. The second-order valence-electron chi connectivity index (χ2n) is 5.32. The number of hydrogen-bond donors (Lipinski definition) is 1. The zero-order valence-corrected chi connectivity index (χ0v) is 10.6. The Morgan fingerprint density at radius 2 is 2.39 bits per heavy atom. The van der Waals surface area contributed by atoms with Gasteiger partial charge in [0, 0.05) is 37.4 Å². The lowest BCUT2D eigenvalue weighted by molar-refractivity contribution is 0.0536. The van der Waals surface area contributed by atoms with Crippen LogP contribution in [0.4, 0.5) is 5.82 Å². The Morgan fingerprint density at radius 3 is 3.17 bits per heavy atom. The van der Waals surface area contributed by atoms with Gasteiger partial charge in [0.05, 0.1) is 19.4 Å². The second-order valence-corrected chi connectivity index (χ2v) is 5.32. The minimum atomic E-state index is 0.242. The lowest BCUT2D eigenvalue weighted by Gasteiger charge is -2.39. The molecule has 1 N–H and O–H groups in total. The zero-order chi connectivity index (χ0) is 12.3. The van der Waals surface area contributed by atoms with Crippen molar-refractivity contribution >= 4 is 5.82 Å². The Labute approximate surface area is 108 Å². The highest BCUT2D eigenvalue weighted by Crippen LogP contribution is 2.30. The van der Waals surface area contributed by atoms with Gasteiger partial charge in [0.2, 0.25) is 0 Å². The summed E-state index contributed by atoms with van der Waals surface area (Å²) in [5, 5.41) is 3.50. The lowest BCUT2D eigenvalue weighted by atomic mass is 9.81. The van der Waals surface area contributed by atoms with Crippen LogP contribution >= 0.6 is 0 Å². The SMILES string of the molecule is c1cnc(N2CCOCC3(CCCNC3)C2)cn1. The van der Waals surface area contributed by atoms with Crippen molar-refractivity contribution in [2.24, 2.45) is 5.41 Å². The Morgan fingerprint density at radius 1 is 1.39 bits per heavy atom. The lowest BCUT2D eigenvalue weighted by Crippen LogP contribution is -2.49. The maximum atomic E-state index is 5.81. The average Bonchev–Trinajstić information content (AvgIpc) is 2.64. The van der Waals surface area contributed by atoms with E-state index in [1.807, 2.05) is 6.20 Å². The van der Waals surface area contributed by atoms with Gasteiger partial charge >= 0.3 is 0 Å². The normalized spacial score (nSPS) is 29.2. The fraction of sp³-hybridized carbons (Fsp3) is 0.692. The summed E-state index contributed by atoms with van der Waals surface area (Å²) in [6.07, 6.45) is 7.78. The predicted octanol–water partition coefficient (Wildman–Crippen LogP) is 0.683. The molecule has 5 nitrogen and oxygen atoms in total. The van der Waals surface area contributed by atoms with E-state index in [4.69, 9.17) is 4.74 Å². The molecule has 2 aliphatic rings. The van der Waals surface area contributed by atoms with Crippen LogP contribution < -0.4 is 10.2 Å². The largest absolute Gasteiger partial charge is 0.379 e. The molecule has 1 unspecified atom stereocenters. The molecular formula is C13H20N4O. The molecule has 3 rings (SSSR count). The van der Waals surface area contributed by atoms with Gasteiger partial charge in [-0.05, 0) is 19.4 Å². The first-order valence-electron chi connectivity index (χ1n) is 6.67. The number of aromatic nitrogens is 2. The smallest absolute Gasteiger partial charge is 0.147 e. The molecule has 0 saturated carbocycles. The maximum absolute atomic E-state index is 5.81. The van der Waals surface area contributed by atoms with Crippen LogP contribution in [0.5, 0.6) is 0 Å². The molecule has 1 aromatic heterocycles. The summed E-state index contributed by atoms with van der Waals surface area (Å²) in [5.74, 6) is 0.966. The third kappa shape index (κ3) is 2.47. The van der Waals surface area contributed by atoms with Crippen molar-refractivity contribution in [3.63, 3.8) is 0 Å². The van der Waals surface area contributed by atoms with Crippen LogP contribution in [0.15, 0.2) is 18.6 Å². The van der Waals surface area contributed by atoms with Crippen LogP contribution in [0.25, 0.3) is 0 Å². The van der Waals surface area contributed by atoms with E-state index < -0.39 is 0 Å². The molecule has 2 aliphatic heterocycles. The molecule has 0 aromatic carbocycles. The molecule has 5 heteroatoms. The highest BCUT2D eigenvalue weighted by atomic mass is 16.5. The summed E-state index contributed by atoms with van der Waals surface area (Å²) in [6, 6.07) is 0. The molecule has 0 radical (unpaired) electrons. The van der Waals surface area contributed by atoms with Crippen LogP contribution in [-0.4, -0.2) is 49.4 Å². The molecule has 1 aromatic rings. The standard InChI is InChI=1S/C13H20N4O/c1-2-13(9-15-3-1)10-17(6-7-18-11-13)12-8-14-4-5-16-12/h4-5,8,15H,1-3,6-7,9-11H2. The summed E-state index contributed by atoms with van der Waals surface area (Å²) in [6.45, 7) is 5.73. The van der Waals surface area contributed by atoms with Crippen molar-refractivity contribution in [3.8, 4) is 0 Å². The molecule has 0 aliphatic carbocycles. The molecule has 0 amide bonds. The van der Waals surface area contributed by atoms with E-state index in [1.165, 1.54) is 12.8 Å². The van der Waals surface area contributed by atoms with Crippen molar-refractivity contribution in [2.45, 2.75) is 12.8 Å². The summed E-state index contributed by atoms with van der Waals surface area (Å²) >= 11 is 0. The molecule has 98 valence electrons. The fourth-order valence-corrected chi connectivity index (χ4v) is 2.93. The van der Waals surface area contributed by atoms with Crippen molar-refractivity contribution < 1.29 is 4.74 Å². The number of rotatable bonds is 1. The molecule has 18 heavy (non-hydrogen) atoms. The van der Waals surface area contributed by atoms with E-state index >= 15 is 0 Å². The average molecular weight is 248 g/mol. The van der Waals surface area contributed by atoms with E-state index in [2.05, 4.69) is 20.2 Å². The highest BCUT2D eigenvalue weighted by Gasteiger charge is 2.36. The molecule has 2 saturated heterocycles. The quantitative estimate of drug-likeness (QED) is 0.792. The minimum Gasteiger partial charge on any atom is -0.379 e. The predicted molar refractivity (Wildman–Crippen MR) is 69.6 cm³/mol.